The molecule has 1 amide bonds. The van der Waals surface area contributed by atoms with Gasteiger partial charge in [-0.1, -0.05) is 38.1 Å². The SMILES string of the molecule is C=C(C(=O)N1CCN(c2nc(OC[C@@]34CCCN3C[C@H](F)C4)nc3c(F)c(-c4ccc(F)c5sc(N)c(C#N)c45)c(Cl)cc23)[C@@H](C)C1)[C@@H](C)Oc1ccc2nc3c(c(CC)c2c1)Cn1c-3cc2c(c1=O)COC(=O)[C@]2(O)CC. The molecule has 0 aliphatic carbocycles. The van der Waals surface area contributed by atoms with Crippen molar-refractivity contribution in [2.45, 2.75) is 102 Å². The van der Waals surface area contributed by atoms with Crippen LogP contribution in [0.15, 0.2) is 59.4 Å². The zero-order valence-electron chi connectivity index (χ0n) is 43.1. The fourth-order valence-electron chi connectivity index (χ4n) is 12.6. The van der Waals surface area contributed by atoms with E-state index in [0.29, 0.717) is 47.9 Å². The van der Waals surface area contributed by atoms with Gasteiger partial charge in [0.25, 0.3) is 11.5 Å². The normalized spacial score (nSPS) is 22.1. The number of nitrogen functional groups attached to an aromatic ring is 1. The van der Waals surface area contributed by atoms with Crippen molar-refractivity contribution in [1.82, 2.24) is 29.3 Å². The van der Waals surface area contributed by atoms with E-state index in [1.807, 2.05) is 36.9 Å². The Morgan fingerprint density at radius 3 is 2.65 bits per heavy atom. The summed E-state index contributed by atoms with van der Waals surface area (Å²) in [5.41, 5.74) is 7.44. The van der Waals surface area contributed by atoms with Crippen LogP contribution >= 0.6 is 22.9 Å². The van der Waals surface area contributed by atoms with E-state index in [4.69, 9.17) is 41.5 Å². The number of nitriles is 1. The molecule has 5 aliphatic rings. The van der Waals surface area contributed by atoms with Gasteiger partial charge in [0.1, 0.15) is 59.5 Å². The van der Waals surface area contributed by atoms with Crippen molar-refractivity contribution in [1.29, 1.82) is 5.26 Å². The number of thiophene rings is 1. The molecule has 402 valence electrons. The van der Waals surface area contributed by atoms with Gasteiger partial charge in [0.15, 0.2) is 11.4 Å². The number of carbonyl (C=O) groups is 2. The van der Waals surface area contributed by atoms with Crippen LogP contribution in [0.2, 0.25) is 5.02 Å². The number of cyclic esters (lactones) is 1. The lowest BCUT2D eigenvalue weighted by Crippen LogP contribution is -2.55. The first kappa shape index (κ1) is 51.4. The number of aromatic nitrogens is 4. The molecule has 5 aliphatic heterocycles. The van der Waals surface area contributed by atoms with Gasteiger partial charge in [-0.25, -0.2) is 22.9 Å². The zero-order chi connectivity index (χ0) is 54.9. The highest BCUT2D eigenvalue weighted by Crippen LogP contribution is 2.47. The van der Waals surface area contributed by atoms with Gasteiger partial charge in [0, 0.05) is 77.1 Å². The number of benzene rings is 3. The van der Waals surface area contributed by atoms with Gasteiger partial charge in [-0.05, 0) is 93.6 Å². The van der Waals surface area contributed by atoms with Crippen molar-refractivity contribution in [2.75, 3.05) is 50.0 Å². The number of alkyl halides is 1. The smallest absolute Gasteiger partial charge is 0.343 e. The van der Waals surface area contributed by atoms with Crippen molar-refractivity contribution < 1.29 is 42.1 Å². The molecule has 0 radical (unpaired) electrons. The van der Waals surface area contributed by atoms with Crippen LogP contribution in [0.4, 0.5) is 24.0 Å². The Morgan fingerprint density at radius 2 is 1.90 bits per heavy atom. The summed E-state index contributed by atoms with van der Waals surface area (Å²) in [4.78, 5) is 61.2. The van der Waals surface area contributed by atoms with E-state index in [9.17, 15) is 29.1 Å². The lowest BCUT2D eigenvalue weighted by molar-refractivity contribution is -0.172. The Balaban J connectivity index is 0.810. The fraction of sp³-hybridized carbons (Fsp3) is 0.386. The molecule has 3 saturated heterocycles. The van der Waals surface area contributed by atoms with Gasteiger partial charge in [0.2, 0.25) is 0 Å². The quantitative estimate of drug-likeness (QED) is 0.0918. The maximum Gasteiger partial charge on any atom is 0.343 e. The van der Waals surface area contributed by atoms with Crippen LogP contribution in [0.25, 0.3) is 54.4 Å². The molecule has 21 heteroatoms. The number of piperazine rings is 1. The van der Waals surface area contributed by atoms with Crippen LogP contribution in [0, 0.1) is 23.0 Å². The first-order chi connectivity index (χ1) is 37.4. The lowest BCUT2D eigenvalue weighted by atomic mass is 9.86. The number of rotatable bonds is 11. The molecular weight excluding hydrogens is 1050 g/mol. The lowest BCUT2D eigenvalue weighted by Gasteiger charge is -2.41. The number of halogens is 4. The zero-order valence-corrected chi connectivity index (χ0v) is 44.7. The molecular formula is C57H53ClF3N9O7S. The monoisotopic (exact) mass is 1100 g/mol. The minimum absolute atomic E-state index is 0.00195. The fourth-order valence-corrected chi connectivity index (χ4v) is 13.8. The molecule has 3 fully saturated rings. The Bertz CT molecular complexity index is 3890. The summed E-state index contributed by atoms with van der Waals surface area (Å²) in [6, 6.07) is 12.7. The van der Waals surface area contributed by atoms with E-state index < -0.39 is 47.1 Å². The minimum Gasteiger partial charge on any atom is -0.486 e. The van der Waals surface area contributed by atoms with Crippen LogP contribution in [0.3, 0.4) is 0 Å². The highest BCUT2D eigenvalue weighted by atomic mass is 35.5. The molecule has 16 nitrogen and oxygen atoms in total. The van der Waals surface area contributed by atoms with Crippen molar-refractivity contribution in [3.63, 3.8) is 0 Å². The molecule has 4 aromatic heterocycles. The number of fused-ring (bicyclic) bond motifs is 8. The molecule has 3 N–H and O–H groups in total. The van der Waals surface area contributed by atoms with Crippen molar-refractivity contribution >= 4 is 77.5 Å². The second-order valence-electron chi connectivity index (χ2n) is 21.0. The maximum absolute atomic E-state index is 17.5. The second kappa shape index (κ2) is 19.0. The van der Waals surface area contributed by atoms with E-state index in [0.717, 1.165) is 40.8 Å². The topological polar surface area (TPSA) is 202 Å². The van der Waals surface area contributed by atoms with Crippen LogP contribution in [-0.2, 0) is 39.5 Å². The standard InChI is InChI=1S/C57H53ClF3N9O7S/c1-6-32-34-17-31(9-12-42(34)64-47-37(32)24-70-43(47)19-39-38(53(70)72)25-75-54(73)57(39,74)7-2)77-29(5)28(4)52(71)67-15-16-69(27(3)22-67)51-35-18-40(58)45(33-10-11-41(60)49-44(33)36(21-62)50(63)78-49)46(61)48(35)65-55(66-51)76-26-56-13-8-14-68(56)23-30(59)20-56/h9-12,17-19,27,29-30,74H,4,6-8,13-16,20,22-26,63H2,1-3,5H3/t27-,29+,30+,56-,57-/m0/s1. The third kappa shape index (κ3) is 7.89. The molecule has 0 unspecified atom stereocenters. The van der Waals surface area contributed by atoms with E-state index in [2.05, 4.69) is 16.5 Å². The summed E-state index contributed by atoms with van der Waals surface area (Å²) in [7, 11) is 0. The number of ether oxygens (including phenoxy) is 3. The van der Waals surface area contributed by atoms with E-state index in [1.165, 1.54) is 18.2 Å². The maximum atomic E-state index is 17.5. The van der Waals surface area contributed by atoms with E-state index in [1.54, 1.807) is 35.4 Å². The summed E-state index contributed by atoms with van der Waals surface area (Å²) in [6.07, 6.45) is 0.722. The molecule has 0 spiro atoms. The highest BCUT2D eigenvalue weighted by Gasteiger charge is 2.50. The third-order valence-corrected chi connectivity index (χ3v) is 18.0. The largest absolute Gasteiger partial charge is 0.486 e. The molecule has 0 bridgehead atoms. The number of pyridine rings is 2. The number of carbonyl (C=O) groups excluding carboxylic acids is 2. The summed E-state index contributed by atoms with van der Waals surface area (Å²) in [6.45, 7) is 13.3. The predicted octanol–water partition coefficient (Wildman–Crippen LogP) is 8.87. The van der Waals surface area contributed by atoms with Gasteiger partial charge in [-0.15, -0.1) is 11.3 Å². The molecule has 12 rings (SSSR count). The summed E-state index contributed by atoms with van der Waals surface area (Å²) in [5, 5.41) is 22.6. The van der Waals surface area contributed by atoms with Crippen molar-refractivity contribution in [3.05, 3.63) is 109 Å². The average molecular weight is 1100 g/mol. The van der Waals surface area contributed by atoms with Gasteiger partial charge in [-0.2, -0.15) is 15.2 Å². The van der Waals surface area contributed by atoms with E-state index >= 15 is 8.78 Å². The van der Waals surface area contributed by atoms with Crippen LogP contribution in [0.5, 0.6) is 11.8 Å². The summed E-state index contributed by atoms with van der Waals surface area (Å²) < 4.78 is 67.3. The Kier molecular flexibility index (Phi) is 12.5. The van der Waals surface area contributed by atoms with Crippen LogP contribution < -0.4 is 25.7 Å². The van der Waals surface area contributed by atoms with Gasteiger partial charge in [0.05, 0.1) is 49.8 Å². The van der Waals surface area contributed by atoms with Gasteiger partial charge >= 0.3 is 12.0 Å². The molecule has 9 heterocycles. The number of nitrogens with zero attached hydrogens (tertiary/aromatic N) is 8. The number of aryl methyl sites for hydroxylation is 1. The van der Waals surface area contributed by atoms with Crippen molar-refractivity contribution in [3.8, 4) is 40.3 Å². The number of anilines is 2. The molecule has 78 heavy (non-hydrogen) atoms. The highest BCUT2D eigenvalue weighted by molar-refractivity contribution is 7.23. The minimum atomic E-state index is -1.95. The van der Waals surface area contributed by atoms with Crippen LogP contribution in [0.1, 0.15) is 81.2 Å². The molecule has 7 aromatic rings. The predicted molar refractivity (Wildman–Crippen MR) is 289 cm³/mol. The van der Waals surface area contributed by atoms with Crippen molar-refractivity contribution in [2.24, 2.45) is 0 Å². The number of nitrogens with two attached hydrogens (primary N) is 1. The number of aliphatic hydroxyl groups is 1. The Morgan fingerprint density at radius 1 is 1.09 bits per heavy atom. The number of hydrogen-bond acceptors (Lipinski definition) is 15. The number of amides is 1. The molecule has 0 saturated carbocycles. The first-order valence-electron chi connectivity index (χ1n) is 26.0. The molecule has 5 atom stereocenters. The second-order valence-corrected chi connectivity index (χ2v) is 22.5. The van der Waals surface area contributed by atoms with E-state index in [-0.39, 0.29) is 134 Å². The summed E-state index contributed by atoms with van der Waals surface area (Å²) in [5.74, 6) is -1.83. The van der Waals surface area contributed by atoms with Crippen LogP contribution in [-0.4, -0.2) is 109 Å². The number of esters is 1. The third-order valence-electron chi connectivity index (χ3n) is 16.7. The first-order valence-corrected chi connectivity index (χ1v) is 27.2. The molecule has 3 aromatic carbocycles. The van der Waals surface area contributed by atoms with Gasteiger partial charge in [-0.3, -0.25) is 14.5 Å². The summed E-state index contributed by atoms with van der Waals surface area (Å²) >= 11 is 7.89. The Hall–Kier alpha value is -7.31. The average Bonchev–Trinajstić information content (AvgIpc) is 4.35. The van der Waals surface area contributed by atoms with Gasteiger partial charge < -0.3 is 39.4 Å². The number of hydrogen-bond donors (Lipinski definition) is 2. The Labute approximate surface area is 454 Å².